The van der Waals surface area contributed by atoms with Gasteiger partial charge in [0, 0.05) is 24.7 Å². The molecule has 0 aliphatic carbocycles. The Balaban J connectivity index is 1.19. The topological polar surface area (TPSA) is 102 Å². The maximum atomic E-state index is 12.3. The lowest BCUT2D eigenvalue weighted by molar-refractivity contribution is 0.174. The summed E-state index contributed by atoms with van der Waals surface area (Å²) < 4.78 is 16.3. The lowest BCUT2D eigenvalue weighted by atomic mass is 10.1. The number of urea groups is 1. The zero-order chi connectivity index (χ0) is 21.2. The standard InChI is InChI=1S/C22H23N5O4/c1-27-12-16(24-22(28)23-11-14-5-3-2-4-6-14)10-17(27)21-25-20(26-31-21)15-7-8-18-19(9-15)30-13-29-18/h2-9,16-17H,10-13H2,1H3,(H2,23,24,28). The average molecular weight is 421 g/mol. The molecule has 9 heteroatoms. The SMILES string of the molecule is CN1CC(NC(=O)NCc2ccccc2)CC1c1nc(-c2ccc3c(c2)OCO3)no1. The van der Waals surface area contributed by atoms with Crippen LogP contribution in [0.4, 0.5) is 4.79 Å². The van der Waals surface area contributed by atoms with Crippen molar-refractivity contribution >= 4 is 6.03 Å². The van der Waals surface area contributed by atoms with Gasteiger partial charge in [-0.25, -0.2) is 4.79 Å². The molecule has 1 saturated heterocycles. The van der Waals surface area contributed by atoms with Crippen molar-refractivity contribution in [3.05, 3.63) is 60.0 Å². The maximum Gasteiger partial charge on any atom is 0.315 e. The number of nitrogens with zero attached hydrogens (tertiary/aromatic N) is 3. The summed E-state index contributed by atoms with van der Waals surface area (Å²) in [7, 11) is 1.98. The molecule has 0 saturated carbocycles. The van der Waals surface area contributed by atoms with Gasteiger partial charge in [-0.3, -0.25) is 4.90 Å². The van der Waals surface area contributed by atoms with Crippen molar-refractivity contribution in [2.45, 2.75) is 25.0 Å². The minimum Gasteiger partial charge on any atom is -0.454 e. The average Bonchev–Trinajstić information content (AvgIpc) is 3.52. The van der Waals surface area contributed by atoms with Gasteiger partial charge in [-0.15, -0.1) is 0 Å². The molecule has 3 heterocycles. The van der Waals surface area contributed by atoms with Crippen LogP contribution >= 0.6 is 0 Å². The largest absolute Gasteiger partial charge is 0.454 e. The number of fused-ring (bicyclic) bond motifs is 1. The number of ether oxygens (including phenoxy) is 2. The van der Waals surface area contributed by atoms with Crippen LogP contribution in [-0.4, -0.2) is 47.5 Å². The second-order valence-corrected chi connectivity index (χ2v) is 7.72. The number of nitrogens with one attached hydrogen (secondary N) is 2. The fourth-order valence-corrected chi connectivity index (χ4v) is 3.93. The monoisotopic (exact) mass is 421 g/mol. The van der Waals surface area contributed by atoms with E-state index in [0.29, 0.717) is 42.7 Å². The zero-order valence-corrected chi connectivity index (χ0v) is 17.1. The van der Waals surface area contributed by atoms with Gasteiger partial charge in [0.2, 0.25) is 18.5 Å². The number of carbonyl (C=O) groups is 1. The van der Waals surface area contributed by atoms with E-state index in [1.54, 1.807) is 0 Å². The summed E-state index contributed by atoms with van der Waals surface area (Å²) in [5.74, 6) is 2.41. The first kappa shape index (κ1) is 19.4. The smallest absolute Gasteiger partial charge is 0.315 e. The second kappa shape index (κ2) is 8.27. The van der Waals surface area contributed by atoms with Gasteiger partial charge in [0.1, 0.15) is 0 Å². The molecule has 3 aromatic rings. The van der Waals surface area contributed by atoms with Crippen molar-refractivity contribution in [2.75, 3.05) is 20.4 Å². The molecule has 2 aromatic carbocycles. The number of carbonyl (C=O) groups excluding carboxylic acids is 1. The number of rotatable bonds is 5. The molecule has 2 aliphatic heterocycles. The van der Waals surface area contributed by atoms with E-state index < -0.39 is 0 Å². The van der Waals surface area contributed by atoms with E-state index in [4.69, 9.17) is 14.0 Å². The van der Waals surface area contributed by atoms with Crippen molar-refractivity contribution < 1.29 is 18.8 Å². The van der Waals surface area contributed by atoms with Crippen LogP contribution in [-0.2, 0) is 6.54 Å². The molecule has 0 radical (unpaired) electrons. The molecule has 2 N–H and O–H groups in total. The van der Waals surface area contributed by atoms with Crippen LogP contribution in [0.1, 0.15) is 23.9 Å². The Kier molecular flexibility index (Phi) is 5.17. The number of aromatic nitrogens is 2. The predicted molar refractivity (Wildman–Crippen MR) is 111 cm³/mol. The molecule has 160 valence electrons. The molecule has 9 nitrogen and oxygen atoms in total. The van der Waals surface area contributed by atoms with Crippen LogP contribution in [0.5, 0.6) is 11.5 Å². The Labute approximate surface area is 179 Å². The molecule has 2 aliphatic rings. The summed E-state index contributed by atoms with van der Waals surface area (Å²) >= 11 is 0. The zero-order valence-electron chi connectivity index (χ0n) is 17.1. The first-order valence-electron chi connectivity index (χ1n) is 10.2. The number of amides is 2. The molecule has 1 aromatic heterocycles. The third-order valence-electron chi connectivity index (χ3n) is 5.54. The van der Waals surface area contributed by atoms with Gasteiger partial charge in [0.25, 0.3) is 0 Å². The highest BCUT2D eigenvalue weighted by Gasteiger charge is 2.35. The third-order valence-corrected chi connectivity index (χ3v) is 5.54. The van der Waals surface area contributed by atoms with Gasteiger partial charge in [-0.05, 0) is 37.2 Å². The summed E-state index contributed by atoms with van der Waals surface area (Å²) in [5.41, 5.74) is 1.86. The van der Waals surface area contributed by atoms with Gasteiger partial charge in [0.05, 0.1) is 6.04 Å². The maximum absolute atomic E-state index is 12.3. The van der Waals surface area contributed by atoms with Gasteiger partial charge in [0.15, 0.2) is 11.5 Å². The van der Waals surface area contributed by atoms with Gasteiger partial charge in [-0.1, -0.05) is 35.5 Å². The highest BCUT2D eigenvalue weighted by molar-refractivity contribution is 5.74. The van der Waals surface area contributed by atoms with E-state index in [-0.39, 0.29) is 24.9 Å². The molecule has 1 fully saturated rings. The van der Waals surface area contributed by atoms with Gasteiger partial charge in [-0.2, -0.15) is 4.98 Å². The minimum atomic E-state index is -0.186. The lowest BCUT2D eigenvalue weighted by Crippen LogP contribution is -2.42. The Hall–Kier alpha value is -3.59. The van der Waals surface area contributed by atoms with Crippen molar-refractivity contribution in [1.29, 1.82) is 0 Å². The Bertz CT molecular complexity index is 1070. The predicted octanol–water partition coefficient (Wildman–Crippen LogP) is 2.71. The fraction of sp³-hybridized carbons (Fsp3) is 0.318. The van der Waals surface area contributed by atoms with Crippen LogP contribution in [0.3, 0.4) is 0 Å². The van der Waals surface area contributed by atoms with E-state index in [2.05, 4.69) is 25.7 Å². The molecule has 0 bridgehead atoms. The summed E-state index contributed by atoms with van der Waals surface area (Å²) in [6.07, 6.45) is 0.692. The number of benzene rings is 2. The quantitative estimate of drug-likeness (QED) is 0.653. The fourth-order valence-electron chi connectivity index (χ4n) is 3.93. The Morgan fingerprint density at radius 2 is 2.00 bits per heavy atom. The van der Waals surface area contributed by atoms with E-state index >= 15 is 0 Å². The number of hydrogen-bond donors (Lipinski definition) is 2. The third kappa shape index (κ3) is 4.17. The van der Waals surface area contributed by atoms with E-state index in [1.165, 1.54) is 0 Å². The first-order valence-corrected chi connectivity index (χ1v) is 10.2. The van der Waals surface area contributed by atoms with E-state index in [0.717, 1.165) is 11.1 Å². The molecule has 5 rings (SSSR count). The van der Waals surface area contributed by atoms with Gasteiger partial charge >= 0.3 is 6.03 Å². The minimum absolute atomic E-state index is 0.00772. The van der Waals surface area contributed by atoms with E-state index in [1.807, 2.05) is 55.6 Å². The molecule has 2 amide bonds. The molecule has 2 unspecified atom stereocenters. The first-order chi connectivity index (χ1) is 15.2. The molecule has 2 atom stereocenters. The van der Waals surface area contributed by atoms with Crippen molar-refractivity contribution in [2.24, 2.45) is 0 Å². The number of hydrogen-bond acceptors (Lipinski definition) is 7. The summed E-state index contributed by atoms with van der Waals surface area (Å²) in [4.78, 5) is 19.0. The highest BCUT2D eigenvalue weighted by atomic mass is 16.7. The summed E-state index contributed by atoms with van der Waals surface area (Å²) in [5, 5.41) is 10.1. The van der Waals surface area contributed by atoms with Crippen molar-refractivity contribution in [3.63, 3.8) is 0 Å². The van der Waals surface area contributed by atoms with Gasteiger partial charge < -0.3 is 24.6 Å². The second-order valence-electron chi connectivity index (χ2n) is 7.72. The number of likely N-dealkylation sites (tertiary alicyclic amines) is 1. The van der Waals surface area contributed by atoms with Crippen LogP contribution in [0, 0.1) is 0 Å². The van der Waals surface area contributed by atoms with Crippen LogP contribution in [0.2, 0.25) is 0 Å². The summed E-state index contributed by atoms with van der Waals surface area (Å²) in [6, 6.07) is 15.1. The van der Waals surface area contributed by atoms with Crippen LogP contribution < -0.4 is 20.1 Å². The lowest BCUT2D eigenvalue weighted by Gasteiger charge is -2.14. The molecule has 0 spiro atoms. The summed E-state index contributed by atoms with van der Waals surface area (Å²) in [6.45, 7) is 1.41. The Morgan fingerprint density at radius 3 is 2.87 bits per heavy atom. The molecule has 31 heavy (non-hydrogen) atoms. The van der Waals surface area contributed by atoms with Crippen LogP contribution in [0.25, 0.3) is 11.4 Å². The van der Waals surface area contributed by atoms with Crippen molar-refractivity contribution in [1.82, 2.24) is 25.7 Å². The number of likely N-dealkylation sites (N-methyl/N-ethyl adjacent to an activating group) is 1. The molecular weight excluding hydrogens is 398 g/mol. The normalized spacial score (nSPS) is 20.0. The molecular formula is C22H23N5O4. The van der Waals surface area contributed by atoms with Crippen LogP contribution in [0.15, 0.2) is 53.1 Å². The highest BCUT2D eigenvalue weighted by Crippen LogP contribution is 2.36. The Morgan fingerprint density at radius 1 is 1.16 bits per heavy atom. The van der Waals surface area contributed by atoms with E-state index in [9.17, 15) is 4.79 Å². The van der Waals surface area contributed by atoms with Crippen molar-refractivity contribution in [3.8, 4) is 22.9 Å².